The Hall–Kier alpha value is -3.60. The van der Waals surface area contributed by atoms with Gasteiger partial charge in [-0.1, -0.05) is 40.2 Å². The highest BCUT2D eigenvalue weighted by atomic mass is 79.9. The van der Waals surface area contributed by atoms with Crippen molar-refractivity contribution in [3.05, 3.63) is 74.2 Å². The largest absolute Gasteiger partial charge is 0.457 e. The van der Waals surface area contributed by atoms with Gasteiger partial charge in [-0.05, 0) is 18.2 Å². The summed E-state index contributed by atoms with van der Waals surface area (Å²) in [6.07, 6.45) is -0.220. The van der Waals surface area contributed by atoms with Crippen molar-refractivity contribution in [2.24, 2.45) is 5.92 Å². The molecule has 1 atom stereocenters. The Balaban J connectivity index is 1.56. The number of para-hydroxylation sites is 1. The van der Waals surface area contributed by atoms with Crippen LogP contribution in [0.15, 0.2) is 53.0 Å². The van der Waals surface area contributed by atoms with Gasteiger partial charge in [0.05, 0.1) is 17.4 Å². The van der Waals surface area contributed by atoms with Crippen LogP contribution in [0.5, 0.6) is 0 Å². The van der Waals surface area contributed by atoms with E-state index in [4.69, 9.17) is 4.74 Å². The molecule has 1 N–H and O–H groups in total. The number of hydrogen-bond acceptors (Lipinski definition) is 7. The smallest absolute Gasteiger partial charge is 0.311 e. The van der Waals surface area contributed by atoms with E-state index in [-0.39, 0.29) is 18.5 Å². The second-order valence-electron chi connectivity index (χ2n) is 6.66. The number of benzene rings is 2. The minimum absolute atomic E-state index is 0.170. The number of Topliss-reactive ketones (excluding diaryl/α,β-unsaturated/α-hetero) is 1. The van der Waals surface area contributed by atoms with Crippen molar-refractivity contribution in [2.45, 2.75) is 6.42 Å². The Bertz CT molecular complexity index is 1050. The molecule has 160 valence electrons. The second kappa shape index (κ2) is 9.47. The number of carbonyl (C=O) groups is 4. The van der Waals surface area contributed by atoms with Crippen LogP contribution in [0.25, 0.3) is 0 Å². The molecule has 0 aromatic heterocycles. The normalized spacial score (nSPS) is 15.5. The first kappa shape index (κ1) is 22.1. The summed E-state index contributed by atoms with van der Waals surface area (Å²) >= 11 is 3.26. The maximum atomic E-state index is 12.4. The Morgan fingerprint density at radius 2 is 1.84 bits per heavy atom. The third kappa shape index (κ3) is 5.31. The maximum Gasteiger partial charge on any atom is 0.311 e. The van der Waals surface area contributed by atoms with E-state index in [1.165, 1.54) is 24.3 Å². The quantitative estimate of drug-likeness (QED) is 0.272. The highest BCUT2D eigenvalue weighted by Gasteiger charge is 2.37. The zero-order valence-electron chi connectivity index (χ0n) is 15.9. The second-order valence-corrected chi connectivity index (χ2v) is 7.57. The van der Waals surface area contributed by atoms with E-state index in [1.807, 2.05) is 0 Å². The average Bonchev–Trinajstić information content (AvgIpc) is 3.12. The van der Waals surface area contributed by atoms with Gasteiger partial charge in [-0.3, -0.25) is 39.7 Å². The molecule has 1 fully saturated rings. The minimum atomic E-state index is -0.878. The topological polar surface area (TPSA) is 136 Å². The van der Waals surface area contributed by atoms with E-state index in [0.29, 0.717) is 5.56 Å². The summed E-state index contributed by atoms with van der Waals surface area (Å²) in [5, 5.41) is 12.0. The number of nitrogens with zero attached hydrogens (tertiary/aromatic N) is 2. The number of hydrogen-bond donors (Lipinski definition) is 1. The first-order valence-corrected chi connectivity index (χ1v) is 9.85. The van der Waals surface area contributed by atoms with Crippen molar-refractivity contribution in [3.8, 4) is 0 Å². The lowest BCUT2D eigenvalue weighted by Crippen LogP contribution is -2.43. The molecule has 1 heterocycles. The minimum Gasteiger partial charge on any atom is -0.457 e. The number of hydrazine groups is 1. The van der Waals surface area contributed by atoms with Crippen LogP contribution < -0.4 is 5.43 Å². The van der Waals surface area contributed by atoms with E-state index >= 15 is 0 Å². The van der Waals surface area contributed by atoms with Gasteiger partial charge in [0.15, 0.2) is 12.4 Å². The van der Waals surface area contributed by atoms with Gasteiger partial charge >= 0.3 is 5.97 Å². The van der Waals surface area contributed by atoms with Gasteiger partial charge in [0, 0.05) is 22.5 Å². The predicted molar refractivity (Wildman–Crippen MR) is 110 cm³/mol. The van der Waals surface area contributed by atoms with E-state index < -0.39 is 46.7 Å². The predicted octanol–water partition coefficient (Wildman–Crippen LogP) is 2.28. The number of esters is 1. The summed E-state index contributed by atoms with van der Waals surface area (Å²) in [5.74, 6) is -3.42. The number of nitro benzene ring substituents is 1. The molecule has 1 saturated heterocycles. The van der Waals surface area contributed by atoms with Gasteiger partial charge in [-0.25, -0.2) is 0 Å². The number of carbonyl (C=O) groups excluding carboxylic acids is 4. The standard InChI is InChI=1S/C20H16BrN3O7/c21-14-7-5-12(6-8-14)17(25)11-31-20(28)13-9-18(26)23(10-13)22-19(27)15-3-1-2-4-16(15)24(29)30/h1-8,13H,9-11H2,(H,22,27)/t13-/m1/s1. The van der Waals surface area contributed by atoms with Crippen LogP contribution in [0.4, 0.5) is 5.69 Å². The molecule has 3 rings (SSSR count). The van der Waals surface area contributed by atoms with Crippen LogP contribution in [-0.2, 0) is 14.3 Å². The maximum absolute atomic E-state index is 12.4. The summed E-state index contributed by atoms with van der Waals surface area (Å²) in [7, 11) is 0. The van der Waals surface area contributed by atoms with Crippen molar-refractivity contribution in [1.82, 2.24) is 10.4 Å². The van der Waals surface area contributed by atoms with Crippen LogP contribution in [0.1, 0.15) is 27.1 Å². The fourth-order valence-corrected chi connectivity index (χ4v) is 3.22. The molecule has 2 aromatic carbocycles. The molecular weight excluding hydrogens is 474 g/mol. The summed E-state index contributed by atoms with van der Waals surface area (Å²) in [6, 6.07) is 11.8. The number of amides is 2. The highest BCUT2D eigenvalue weighted by molar-refractivity contribution is 9.10. The first-order valence-electron chi connectivity index (χ1n) is 9.06. The third-order valence-electron chi connectivity index (χ3n) is 4.55. The van der Waals surface area contributed by atoms with E-state index in [9.17, 15) is 29.3 Å². The molecule has 0 saturated carbocycles. The van der Waals surface area contributed by atoms with Gasteiger partial charge in [0.1, 0.15) is 5.56 Å². The molecule has 0 aliphatic carbocycles. The Morgan fingerprint density at radius 1 is 1.16 bits per heavy atom. The molecule has 1 aliphatic heterocycles. The van der Waals surface area contributed by atoms with Crippen molar-refractivity contribution in [1.29, 1.82) is 0 Å². The van der Waals surface area contributed by atoms with Crippen molar-refractivity contribution < 1.29 is 28.8 Å². The molecule has 10 nitrogen and oxygen atoms in total. The number of ketones is 1. The Labute approximate surface area is 184 Å². The van der Waals surface area contributed by atoms with Crippen LogP contribution in [0.2, 0.25) is 0 Å². The van der Waals surface area contributed by atoms with Crippen LogP contribution in [0, 0.1) is 16.0 Å². The van der Waals surface area contributed by atoms with Gasteiger partial charge in [-0.2, -0.15) is 0 Å². The molecular formula is C20H16BrN3O7. The summed E-state index contributed by atoms with van der Waals surface area (Å²) in [5.41, 5.74) is 2.03. The molecule has 11 heteroatoms. The van der Waals surface area contributed by atoms with E-state index in [2.05, 4.69) is 21.4 Å². The Morgan fingerprint density at radius 3 is 2.52 bits per heavy atom. The molecule has 2 amide bonds. The lowest BCUT2D eigenvalue weighted by molar-refractivity contribution is -0.385. The lowest BCUT2D eigenvalue weighted by Gasteiger charge is -2.17. The van der Waals surface area contributed by atoms with Crippen molar-refractivity contribution >= 4 is 45.2 Å². The van der Waals surface area contributed by atoms with Gasteiger partial charge < -0.3 is 4.74 Å². The first-order chi connectivity index (χ1) is 14.8. The third-order valence-corrected chi connectivity index (χ3v) is 5.08. The number of halogens is 1. The van der Waals surface area contributed by atoms with Gasteiger partial charge in [-0.15, -0.1) is 0 Å². The zero-order chi connectivity index (χ0) is 22.5. The number of nitro groups is 1. The van der Waals surface area contributed by atoms with Gasteiger partial charge in [0.25, 0.3) is 11.6 Å². The highest BCUT2D eigenvalue weighted by Crippen LogP contribution is 2.21. The number of rotatable bonds is 7. The van der Waals surface area contributed by atoms with Crippen molar-refractivity contribution in [2.75, 3.05) is 13.2 Å². The fourth-order valence-electron chi connectivity index (χ4n) is 2.95. The van der Waals surface area contributed by atoms with Crippen LogP contribution >= 0.6 is 15.9 Å². The number of ether oxygens (including phenoxy) is 1. The van der Waals surface area contributed by atoms with Crippen molar-refractivity contribution in [3.63, 3.8) is 0 Å². The fraction of sp³-hybridized carbons (Fsp3) is 0.200. The summed E-state index contributed by atoms with van der Waals surface area (Å²) in [4.78, 5) is 59.3. The van der Waals surface area contributed by atoms with Gasteiger partial charge in [0.2, 0.25) is 5.91 Å². The molecule has 0 spiro atoms. The molecule has 31 heavy (non-hydrogen) atoms. The van der Waals surface area contributed by atoms with Crippen LogP contribution in [-0.4, -0.2) is 46.7 Å². The number of nitrogens with one attached hydrogen (secondary N) is 1. The van der Waals surface area contributed by atoms with E-state index in [0.717, 1.165) is 9.48 Å². The van der Waals surface area contributed by atoms with Crippen LogP contribution in [0.3, 0.4) is 0 Å². The average molecular weight is 490 g/mol. The van der Waals surface area contributed by atoms with E-state index in [1.54, 1.807) is 24.3 Å². The molecule has 2 aromatic rings. The Kier molecular flexibility index (Phi) is 6.75. The lowest BCUT2D eigenvalue weighted by atomic mass is 10.1. The summed E-state index contributed by atoms with van der Waals surface area (Å²) < 4.78 is 5.83. The SMILES string of the molecule is O=C(COC(=O)[C@@H]1CC(=O)N(NC(=O)c2ccccc2[N+](=O)[O-])C1)c1ccc(Br)cc1. The zero-order valence-corrected chi connectivity index (χ0v) is 17.5. The molecule has 0 radical (unpaired) electrons. The molecule has 0 bridgehead atoms. The summed E-state index contributed by atoms with van der Waals surface area (Å²) in [6.45, 7) is -0.649. The molecule has 1 aliphatic rings. The molecule has 0 unspecified atom stereocenters. The monoisotopic (exact) mass is 489 g/mol.